The van der Waals surface area contributed by atoms with Crippen LogP contribution in [0.15, 0.2) is 53.5 Å². The Morgan fingerprint density at radius 2 is 1.71 bits per heavy atom. The molecule has 21 heavy (non-hydrogen) atoms. The molecule has 0 aromatic heterocycles. The van der Waals surface area contributed by atoms with Gasteiger partial charge in [0.05, 0.1) is 18.5 Å². The molecule has 1 aliphatic heterocycles. The van der Waals surface area contributed by atoms with Gasteiger partial charge in [-0.25, -0.2) is 0 Å². The predicted molar refractivity (Wildman–Crippen MR) is 88.1 cm³/mol. The summed E-state index contributed by atoms with van der Waals surface area (Å²) in [6.45, 7) is 2.27. The smallest absolute Gasteiger partial charge is 0.118 e. The first-order valence-corrected chi connectivity index (χ1v) is 7.39. The monoisotopic (exact) mass is 280 g/mol. The van der Waals surface area contributed by atoms with E-state index in [-0.39, 0.29) is 0 Å². The van der Waals surface area contributed by atoms with Crippen molar-refractivity contribution in [3.05, 3.63) is 54.1 Å². The van der Waals surface area contributed by atoms with Crippen LogP contribution < -0.4 is 9.64 Å². The molecule has 0 bridgehead atoms. The highest BCUT2D eigenvalue weighted by Gasteiger charge is 2.14. The molecular formula is C18H20N2O. The second kappa shape index (κ2) is 6.44. The minimum absolute atomic E-state index is 0.865. The van der Waals surface area contributed by atoms with Crippen LogP contribution in [0.1, 0.15) is 18.4 Å². The lowest BCUT2D eigenvalue weighted by molar-refractivity contribution is 0.415. The van der Waals surface area contributed by atoms with Gasteiger partial charge in [0.1, 0.15) is 5.75 Å². The molecular weight excluding hydrogens is 260 g/mol. The first-order chi connectivity index (χ1) is 10.4. The first kappa shape index (κ1) is 13.7. The molecule has 0 spiro atoms. The highest BCUT2D eigenvalue weighted by molar-refractivity contribution is 5.84. The third-order valence-corrected chi connectivity index (χ3v) is 3.80. The van der Waals surface area contributed by atoms with Crippen molar-refractivity contribution in [2.24, 2.45) is 4.99 Å². The van der Waals surface area contributed by atoms with Crippen LogP contribution in [-0.4, -0.2) is 26.4 Å². The molecule has 0 aliphatic carbocycles. The molecule has 2 aromatic rings. The summed E-state index contributed by atoms with van der Waals surface area (Å²) in [5.41, 5.74) is 3.35. The van der Waals surface area contributed by atoms with Gasteiger partial charge in [0.25, 0.3) is 0 Å². The summed E-state index contributed by atoms with van der Waals surface area (Å²) in [5, 5.41) is 0. The maximum Gasteiger partial charge on any atom is 0.118 e. The van der Waals surface area contributed by atoms with E-state index < -0.39 is 0 Å². The second-order valence-electron chi connectivity index (χ2n) is 5.21. The summed E-state index contributed by atoms with van der Waals surface area (Å²) >= 11 is 0. The summed E-state index contributed by atoms with van der Waals surface area (Å²) in [4.78, 5) is 7.09. The Hall–Kier alpha value is -2.29. The van der Waals surface area contributed by atoms with E-state index in [0.717, 1.165) is 30.1 Å². The quantitative estimate of drug-likeness (QED) is 0.789. The molecule has 3 nitrogen and oxygen atoms in total. The van der Waals surface area contributed by atoms with Crippen LogP contribution in [0.5, 0.6) is 5.75 Å². The zero-order valence-corrected chi connectivity index (χ0v) is 12.3. The summed E-state index contributed by atoms with van der Waals surface area (Å²) < 4.78 is 5.17. The fraction of sp³-hybridized carbons (Fsp3) is 0.278. The molecule has 0 atom stereocenters. The van der Waals surface area contributed by atoms with Crippen LogP contribution in [0.3, 0.4) is 0 Å². The standard InChI is InChI=1S/C18H20N2O/c1-21-16-10-8-15(9-11-16)14-19-17-6-2-3-7-18(17)20-12-4-5-13-20/h2-3,6-11,14H,4-5,12-13H2,1H3. The molecule has 0 radical (unpaired) electrons. The van der Waals surface area contributed by atoms with E-state index in [1.54, 1.807) is 7.11 Å². The number of aliphatic imine (C=N–C) groups is 1. The Morgan fingerprint density at radius 3 is 2.43 bits per heavy atom. The number of ether oxygens (including phenoxy) is 1. The Bertz CT molecular complexity index is 613. The number of para-hydroxylation sites is 2. The van der Waals surface area contributed by atoms with Gasteiger partial charge in [0, 0.05) is 19.3 Å². The molecule has 108 valence electrons. The Morgan fingerprint density at radius 1 is 1.00 bits per heavy atom. The van der Waals surface area contributed by atoms with Gasteiger partial charge in [-0.15, -0.1) is 0 Å². The van der Waals surface area contributed by atoms with Crippen molar-refractivity contribution in [1.29, 1.82) is 0 Å². The third kappa shape index (κ3) is 3.24. The van der Waals surface area contributed by atoms with Crippen molar-refractivity contribution in [2.75, 3.05) is 25.1 Å². The average molecular weight is 280 g/mol. The molecule has 0 unspecified atom stereocenters. The van der Waals surface area contributed by atoms with Crippen LogP contribution in [0.4, 0.5) is 11.4 Å². The number of anilines is 1. The van der Waals surface area contributed by atoms with E-state index in [4.69, 9.17) is 4.74 Å². The zero-order valence-electron chi connectivity index (χ0n) is 12.3. The van der Waals surface area contributed by atoms with E-state index in [9.17, 15) is 0 Å². The number of nitrogens with zero attached hydrogens (tertiary/aromatic N) is 2. The first-order valence-electron chi connectivity index (χ1n) is 7.39. The summed E-state index contributed by atoms with van der Waals surface area (Å²) in [6.07, 6.45) is 4.46. The van der Waals surface area contributed by atoms with E-state index in [1.165, 1.54) is 18.5 Å². The summed E-state index contributed by atoms with van der Waals surface area (Å²) in [7, 11) is 1.68. The van der Waals surface area contributed by atoms with Crippen LogP contribution in [-0.2, 0) is 0 Å². The van der Waals surface area contributed by atoms with Gasteiger partial charge in [-0.05, 0) is 54.8 Å². The normalized spacial score (nSPS) is 14.8. The van der Waals surface area contributed by atoms with E-state index >= 15 is 0 Å². The molecule has 1 aliphatic rings. The molecule has 1 fully saturated rings. The Kier molecular flexibility index (Phi) is 4.20. The van der Waals surface area contributed by atoms with Crippen molar-refractivity contribution < 1.29 is 4.74 Å². The highest BCUT2D eigenvalue weighted by atomic mass is 16.5. The molecule has 2 aromatic carbocycles. The fourth-order valence-corrected chi connectivity index (χ4v) is 2.63. The zero-order chi connectivity index (χ0) is 14.5. The summed E-state index contributed by atoms with van der Waals surface area (Å²) in [5.74, 6) is 0.865. The van der Waals surface area contributed by atoms with Crippen molar-refractivity contribution in [1.82, 2.24) is 0 Å². The van der Waals surface area contributed by atoms with Crippen LogP contribution >= 0.6 is 0 Å². The molecule has 0 amide bonds. The SMILES string of the molecule is COc1ccc(C=Nc2ccccc2N2CCCC2)cc1. The number of methoxy groups -OCH3 is 1. The number of hydrogen-bond donors (Lipinski definition) is 0. The van der Waals surface area contributed by atoms with Crippen LogP contribution in [0.2, 0.25) is 0 Å². The van der Waals surface area contributed by atoms with Gasteiger partial charge in [-0.1, -0.05) is 12.1 Å². The topological polar surface area (TPSA) is 24.8 Å². The van der Waals surface area contributed by atoms with Crippen molar-refractivity contribution in [3.63, 3.8) is 0 Å². The van der Waals surface area contributed by atoms with E-state index in [0.29, 0.717) is 0 Å². The largest absolute Gasteiger partial charge is 0.497 e. The fourth-order valence-electron chi connectivity index (χ4n) is 2.63. The highest BCUT2D eigenvalue weighted by Crippen LogP contribution is 2.30. The molecule has 3 heteroatoms. The lowest BCUT2D eigenvalue weighted by atomic mass is 10.2. The average Bonchev–Trinajstić information content (AvgIpc) is 3.08. The van der Waals surface area contributed by atoms with Gasteiger partial charge >= 0.3 is 0 Å². The van der Waals surface area contributed by atoms with E-state index in [1.807, 2.05) is 36.5 Å². The van der Waals surface area contributed by atoms with Crippen LogP contribution in [0.25, 0.3) is 0 Å². The maximum atomic E-state index is 5.17. The Labute approximate surface area is 125 Å². The maximum absolute atomic E-state index is 5.17. The number of hydrogen-bond acceptors (Lipinski definition) is 3. The third-order valence-electron chi connectivity index (χ3n) is 3.80. The molecule has 1 heterocycles. The van der Waals surface area contributed by atoms with Gasteiger partial charge in [0.15, 0.2) is 0 Å². The lowest BCUT2D eigenvalue weighted by Crippen LogP contribution is -2.17. The van der Waals surface area contributed by atoms with Crippen molar-refractivity contribution in [2.45, 2.75) is 12.8 Å². The van der Waals surface area contributed by atoms with Crippen molar-refractivity contribution >= 4 is 17.6 Å². The molecule has 1 saturated heterocycles. The Balaban J connectivity index is 1.81. The second-order valence-corrected chi connectivity index (χ2v) is 5.21. The summed E-state index contributed by atoms with van der Waals surface area (Å²) in [6, 6.07) is 16.3. The minimum atomic E-state index is 0.865. The molecule has 0 N–H and O–H groups in total. The molecule has 3 rings (SSSR count). The van der Waals surface area contributed by atoms with E-state index in [2.05, 4.69) is 28.1 Å². The van der Waals surface area contributed by atoms with Gasteiger partial charge in [0.2, 0.25) is 0 Å². The number of rotatable bonds is 4. The predicted octanol–water partition coefficient (Wildman–Crippen LogP) is 4.05. The van der Waals surface area contributed by atoms with Gasteiger partial charge in [-0.2, -0.15) is 0 Å². The lowest BCUT2D eigenvalue weighted by Gasteiger charge is -2.19. The van der Waals surface area contributed by atoms with Crippen LogP contribution in [0, 0.1) is 0 Å². The minimum Gasteiger partial charge on any atom is -0.497 e. The van der Waals surface area contributed by atoms with Crippen molar-refractivity contribution in [3.8, 4) is 5.75 Å². The molecule has 0 saturated carbocycles. The number of benzene rings is 2. The van der Waals surface area contributed by atoms with Gasteiger partial charge in [-0.3, -0.25) is 4.99 Å². The van der Waals surface area contributed by atoms with Gasteiger partial charge < -0.3 is 9.64 Å².